The molecule has 1 amide bonds. The van der Waals surface area contributed by atoms with Crippen LogP contribution in [0.4, 0.5) is 5.69 Å². The molecule has 8 nitrogen and oxygen atoms in total. The van der Waals surface area contributed by atoms with E-state index in [2.05, 4.69) is 5.32 Å². The quantitative estimate of drug-likeness (QED) is 0.483. The van der Waals surface area contributed by atoms with Gasteiger partial charge in [-0.25, -0.2) is 14.4 Å². The van der Waals surface area contributed by atoms with Crippen LogP contribution in [-0.4, -0.2) is 41.1 Å². The van der Waals surface area contributed by atoms with Crippen molar-refractivity contribution in [3.63, 3.8) is 0 Å². The number of ether oxygens (including phenoxy) is 2. The highest BCUT2D eigenvalue weighted by atomic mass is 35.5. The van der Waals surface area contributed by atoms with Gasteiger partial charge in [-0.15, -0.1) is 0 Å². The Hall–Kier alpha value is -4.17. The van der Waals surface area contributed by atoms with Gasteiger partial charge in [0.2, 0.25) is 12.2 Å². The maximum Gasteiger partial charge on any atom is 0.349 e. The molecule has 2 N–H and O–H groups in total. The van der Waals surface area contributed by atoms with E-state index in [0.29, 0.717) is 0 Å². The van der Waals surface area contributed by atoms with Gasteiger partial charge in [-0.3, -0.25) is 4.79 Å². The van der Waals surface area contributed by atoms with Crippen molar-refractivity contribution in [1.82, 2.24) is 0 Å². The fourth-order valence-electron chi connectivity index (χ4n) is 2.78. The number of anilines is 1. The lowest BCUT2D eigenvalue weighted by Gasteiger charge is -2.23. The van der Waals surface area contributed by atoms with E-state index in [0.717, 1.165) is 0 Å². The Morgan fingerprint density at radius 1 is 0.697 bits per heavy atom. The van der Waals surface area contributed by atoms with Gasteiger partial charge in [0.15, 0.2) is 0 Å². The molecule has 3 aromatic carbocycles. The number of carbonyl (C=O) groups is 4. The molecule has 168 valence electrons. The van der Waals surface area contributed by atoms with E-state index in [-0.39, 0.29) is 21.8 Å². The van der Waals surface area contributed by atoms with Crippen LogP contribution in [0.15, 0.2) is 84.9 Å². The van der Waals surface area contributed by atoms with Crippen LogP contribution in [0, 0.1) is 0 Å². The van der Waals surface area contributed by atoms with Gasteiger partial charge >= 0.3 is 17.9 Å². The molecule has 33 heavy (non-hydrogen) atoms. The molecule has 0 unspecified atom stereocenters. The summed E-state index contributed by atoms with van der Waals surface area (Å²) in [6.45, 7) is 0. The zero-order chi connectivity index (χ0) is 23.8. The molecule has 0 aliphatic rings. The van der Waals surface area contributed by atoms with E-state index < -0.39 is 36.0 Å². The summed E-state index contributed by atoms with van der Waals surface area (Å²) in [5.74, 6) is -4.70. The number of rotatable bonds is 8. The maximum atomic E-state index is 13.0. The van der Waals surface area contributed by atoms with E-state index in [4.69, 9.17) is 21.1 Å². The van der Waals surface area contributed by atoms with Crippen LogP contribution in [0.25, 0.3) is 0 Å². The maximum absolute atomic E-state index is 13.0. The summed E-state index contributed by atoms with van der Waals surface area (Å²) in [5, 5.41) is 12.3. The average molecular weight is 468 g/mol. The molecule has 0 heterocycles. The van der Waals surface area contributed by atoms with Crippen LogP contribution < -0.4 is 5.32 Å². The smallest absolute Gasteiger partial charge is 0.349 e. The van der Waals surface area contributed by atoms with Crippen molar-refractivity contribution in [2.24, 2.45) is 0 Å². The Morgan fingerprint density at radius 3 is 1.64 bits per heavy atom. The zero-order valence-electron chi connectivity index (χ0n) is 17.0. The summed E-state index contributed by atoms with van der Waals surface area (Å²) < 4.78 is 10.3. The lowest BCUT2D eigenvalue weighted by atomic mass is 10.1. The molecule has 0 aromatic heterocycles. The van der Waals surface area contributed by atoms with Crippen LogP contribution >= 0.6 is 11.6 Å². The minimum atomic E-state index is -2.13. The van der Waals surface area contributed by atoms with Crippen molar-refractivity contribution in [3.8, 4) is 0 Å². The van der Waals surface area contributed by atoms with Gasteiger partial charge in [-0.2, -0.15) is 0 Å². The Bertz CT molecular complexity index is 1150. The van der Waals surface area contributed by atoms with Gasteiger partial charge in [-0.05, 0) is 36.4 Å². The first-order chi connectivity index (χ1) is 15.9. The van der Waals surface area contributed by atoms with E-state index in [9.17, 15) is 24.3 Å². The highest BCUT2D eigenvalue weighted by molar-refractivity contribution is 6.33. The van der Waals surface area contributed by atoms with Crippen LogP contribution in [0.3, 0.4) is 0 Å². The number of amides is 1. The number of carboxylic acid groups (broad SMARTS) is 1. The molecule has 3 rings (SSSR count). The van der Waals surface area contributed by atoms with E-state index >= 15 is 0 Å². The van der Waals surface area contributed by atoms with Crippen molar-refractivity contribution >= 4 is 41.1 Å². The minimum absolute atomic E-state index is 0.0587. The van der Waals surface area contributed by atoms with Crippen molar-refractivity contribution < 1.29 is 33.8 Å². The zero-order valence-corrected chi connectivity index (χ0v) is 17.8. The molecule has 0 aliphatic heterocycles. The van der Waals surface area contributed by atoms with Crippen molar-refractivity contribution in [2.75, 3.05) is 5.32 Å². The largest absolute Gasteiger partial charge is 0.478 e. The topological polar surface area (TPSA) is 119 Å². The van der Waals surface area contributed by atoms with Crippen LogP contribution in [0.1, 0.15) is 20.7 Å². The SMILES string of the molecule is O=C(O[C@H](C(=O)O)[C@@H](OC(=O)c1ccccc1)C(=O)Nc1ccccc1Cl)c1ccccc1. The number of nitrogens with one attached hydrogen (secondary N) is 1. The third kappa shape index (κ3) is 6.18. The van der Waals surface area contributed by atoms with Gasteiger partial charge in [0.25, 0.3) is 5.91 Å². The molecule has 3 aromatic rings. The Kier molecular flexibility index (Phi) is 7.77. The normalized spacial score (nSPS) is 12.2. The van der Waals surface area contributed by atoms with Crippen molar-refractivity contribution in [3.05, 3.63) is 101 Å². The summed E-state index contributed by atoms with van der Waals surface area (Å²) in [4.78, 5) is 50.0. The molecule has 2 atom stereocenters. The number of esters is 2. The number of hydrogen-bond acceptors (Lipinski definition) is 6. The van der Waals surface area contributed by atoms with Gasteiger partial charge in [0.05, 0.1) is 21.8 Å². The van der Waals surface area contributed by atoms with E-state index in [1.54, 1.807) is 48.5 Å². The molecule has 0 spiro atoms. The lowest BCUT2D eigenvalue weighted by molar-refractivity contribution is -0.157. The number of halogens is 1. The summed E-state index contributed by atoms with van der Waals surface area (Å²) >= 11 is 6.06. The first-order valence-electron chi connectivity index (χ1n) is 9.67. The first-order valence-corrected chi connectivity index (χ1v) is 10.0. The second-order valence-corrected chi connectivity index (χ2v) is 7.10. The van der Waals surface area contributed by atoms with Gasteiger partial charge in [-0.1, -0.05) is 60.1 Å². The molecule has 0 aliphatic carbocycles. The molecule has 0 saturated carbocycles. The van der Waals surface area contributed by atoms with Crippen molar-refractivity contribution in [2.45, 2.75) is 12.2 Å². The highest BCUT2D eigenvalue weighted by Crippen LogP contribution is 2.22. The van der Waals surface area contributed by atoms with Gasteiger partial charge < -0.3 is 19.9 Å². The molecule has 0 bridgehead atoms. The predicted molar refractivity (Wildman–Crippen MR) is 119 cm³/mol. The number of para-hydroxylation sites is 1. The van der Waals surface area contributed by atoms with Crippen LogP contribution in [0.2, 0.25) is 5.02 Å². The Labute approximate surface area is 193 Å². The second kappa shape index (κ2) is 10.9. The van der Waals surface area contributed by atoms with Crippen molar-refractivity contribution in [1.29, 1.82) is 0 Å². The summed E-state index contributed by atoms with van der Waals surface area (Å²) in [6, 6.07) is 21.5. The number of benzene rings is 3. The first kappa shape index (κ1) is 23.5. The third-order valence-corrected chi connectivity index (χ3v) is 4.73. The third-order valence-electron chi connectivity index (χ3n) is 4.40. The fraction of sp³-hybridized carbons (Fsp3) is 0.0833. The number of carbonyl (C=O) groups excluding carboxylic acids is 3. The second-order valence-electron chi connectivity index (χ2n) is 6.69. The Balaban J connectivity index is 1.91. The molecule has 0 saturated heterocycles. The Morgan fingerprint density at radius 2 is 1.15 bits per heavy atom. The van der Waals surface area contributed by atoms with Gasteiger partial charge in [0, 0.05) is 0 Å². The van der Waals surface area contributed by atoms with E-state index in [1.165, 1.54) is 36.4 Å². The monoisotopic (exact) mass is 467 g/mol. The number of hydrogen-bond donors (Lipinski definition) is 2. The number of carboxylic acids is 1. The van der Waals surface area contributed by atoms with Crippen LogP contribution in [0.5, 0.6) is 0 Å². The molecule has 9 heteroatoms. The summed E-state index contributed by atoms with van der Waals surface area (Å²) in [5.41, 5.74) is 0.290. The molecule has 0 radical (unpaired) electrons. The minimum Gasteiger partial charge on any atom is -0.478 e. The number of aliphatic carboxylic acids is 1. The van der Waals surface area contributed by atoms with E-state index in [1.807, 2.05) is 0 Å². The molecule has 0 fully saturated rings. The molecular weight excluding hydrogens is 450 g/mol. The predicted octanol–water partition coefficient (Wildman–Crippen LogP) is 3.81. The average Bonchev–Trinajstić information content (AvgIpc) is 2.83. The van der Waals surface area contributed by atoms with Crippen LogP contribution in [-0.2, 0) is 19.1 Å². The van der Waals surface area contributed by atoms with Gasteiger partial charge in [0.1, 0.15) is 0 Å². The molecular formula is C24H18ClNO7. The summed E-state index contributed by atoms with van der Waals surface area (Å²) in [6.07, 6.45) is -4.15. The lowest BCUT2D eigenvalue weighted by Crippen LogP contribution is -2.48. The summed E-state index contributed by atoms with van der Waals surface area (Å²) in [7, 11) is 0. The highest BCUT2D eigenvalue weighted by Gasteiger charge is 2.41. The fourth-order valence-corrected chi connectivity index (χ4v) is 2.96. The standard InChI is InChI=1S/C24H18ClNO7/c25-17-13-7-8-14-18(17)26-21(27)19(32-23(30)15-9-3-1-4-10-15)20(22(28)29)33-24(31)16-11-5-2-6-12-16/h1-14,19-20H,(H,26,27)(H,28,29)/t19-,20+/m1/s1.